The van der Waals surface area contributed by atoms with Crippen molar-refractivity contribution >= 4 is 0 Å². The van der Waals surface area contributed by atoms with Crippen molar-refractivity contribution < 1.29 is 14.2 Å². The Morgan fingerprint density at radius 3 is 2.15 bits per heavy atom. The van der Waals surface area contributed by atoms with Crippen molar-refractivity contribution in [1.82, 2.24) is 9.97 Å². The van der Waals surface area contributed by atoms with Crippen molar-refractivity contribution in [2.75, 3.05) is 26.4 Å². The topological polar surface area (TPSA) is 53.5 Å². The minimum atomic E-state index is 0.551. The number of hydrogen-bond donors (Lipinski definition) is 0. The van der Waals surface area contributed by atoms with E-state index in [0.717, 1.165) is 50.2 Å². The molecule has 1 heterocycles. The molecule has 0 amide bonds. The first-order chi connectivity index (χ1) is 16.3. The molecule has 0 saturated heterocycles. The molecule has 2 aromatic rings. The summed E-state index contributed by atoms with van der Waals surface area (Å²) in [5.74, 6) is 2.23. The summed E-state index contributed by atoms with van der Waals surface area (Å²) in [4.78, 5) is 8.88. The van der Waals surface area contributed by atoms with Crippen LogP contribution in [0.15, 0.2) is 48.8 Å². The van der Waals surface area contributed by atoms with Crippen LogP contribution in [0, 0.1) is 0 Å². The highest BCUT2D eigenvalue weighted by molar-refractivity contribution is 5.56. The number of allylic oxidation sites excluding steroid dienone is 1. The molecule has 0 unspecified atom stereocenters. The zero-order valence-electron chi connectivity index (χ0n) is 20.6. The fourth-order valence-electron chi connectivity index (χ4n) is 3.36. The SMILES string of the molecule is CCCCCCCCC=CCOc1cnc(-c2ccc(OCCCCOCCC)cc2)nc1. The molecule has 1 aromatic carbocycles. The molecular formula is C28H42N2O3. The van der Waals surface area contributed by atoms with Crippen molar-refractivity contribution in [3.63, 3.8) is 0 Å². The monoisotopic (exact) mass is 454 g/mol. The Kier molecular flexibility index (Phi) is 14.7. The van der Waals surface area contributed by atoms with E-state index < -0.39 is 0 Å². The minimum Gasteiger partial charge on any atom is -0.494 e. The molecule has 5 nitrogen and oxygen atoms in total. The lowest BCUT2D eigenvalue weighted by molar-refractivity contribution is 0.127. The van der Waals surface area contributed by atoms with Crippen LogP contribution < -0.4 is 9.47 Å². The van der Waals surface area contributed by atoms with E-state index in [9.17, 15) is 0 Å². The first-order valence-electron chi connectivity index (χ1n) is 12.7. The zero-order chi connectivity index (χ0) is 23.4. The minimum absolute atomic E-state index is 0.551. The Morgan fingerprint density at radius 2 is 1.39 bits per heavy atom. The number of unbranched alkanes of at least 4 members (excludes halogenated alkanes) is 7. The van der Waals surface area contributed by atoms with E-state index in [0.29, 0.717) is 24.8 Å². The summed E-state index contributed by atoms with van der Waals surface area (Å²) in [6.07, 6.45) is 19.9. The average Bonchev–Trinajstić information content (AvgIpc) is 2.85. The first kappa shape index (κ1) is 26.8. The van der Waals surface area contributed by atoms with Gasteiger partial charge in [-0.05, 0) is 56.4 Å². The van der Waals surface area contributed by atoms with Crippen molar-refractivity contribution in [2.24, 2.45) is 0 Å². The number of nitrogens with zero attached hydrogens (tertiary/aromatic N) is 2. The van der Waals surface area contributed by atoms with E-state index in [4.69, 9.17) is 14.2 Å². The molecule has 33 heavy (non-hydrogen) atoms. The Balaban J connectivity index is 1.62. The Morgan fingerprint density at radius 1 is 0.667 bits per heavy atom. The Bertz CT molecular complexity index is 745. The third-order valence-corrected chi connectivity index (χ3v) is 5.28. The second-order valence-corrected chi connectivity index (χ2v) is 8.27. The second-order valence-electron chi connectivity index (χ2n) is 8.27. The van der Waals surface area contributed by atoms with E-state index in [1.807, 2.05) is 24.3 Å². The molecule has 0 aliphatic heterocycles. The standard InChI is InChI=1S/C28H42N2O3/c1-3-5-6-7-8-9-10-11-12-21-33-27-23-29-28(30-24-27)25-15-17-26(18-16-25)32-22-14-13-20-31-19-4-2/h11-12,15-18,23-24H,3-10,13-14,19-22H2,1-2H3. The lowest BCUT2D eigenvalue weighted by atomic mass is 10.1. The van der Waals surface area contributed by atoms with Crippen LogP contribution in [0.4, 0.5) is 0 Å². The van der Waals surface area contributed by atoms with Crippen LogP contribution in [0.25, 0.3) is 11.4 Å². The quantitative estimate of drug-likeness (QED) is 0.163. The highest BCUT2D eigenvalue weighted by Gasteiger charge is 2.03. The summed E-state index contributed by atoms with van der Waals surface area (Å²) in [5.41, 5.74) is 0.959. The highest BCUT2D eigenvalue weighted by atomic mass is 16.5. The molecule has 0 N–H and O–H groups in total. The van der Waals surface area contributed by atoms with E-state index in [1.54, 1.807) is 12.4 Å². The van der Waals surface area contributed by atoms with Gasteiger partial charge in [0.2, 0.25) is 0 Å². The summed E-state index contributed by atoms with van der Waals surface area (Å²) in [7, 11) is 0. The fourth-order valence-corrected chi connectivity index (χ4v) is 3.36. The van der Waals surface area contributed by atoms with Gasteiger partial charge in [-0.3, -0.25) is 0 Å². The Labute approximate surface area is 200 Å². The number of ether oxygens (including phenoxy) is 3. The maximum absolute atomic E-state index is 5.80. The van der Waals surface area contributed by atoms with E-state index in [-0.39, 0.29) is 0 Å². The molecule has 2 rings (SSSR count). The van der Waals surface area contributed by atoms with E-state index in [2.05, 4.69) is 36.0 Å². The predicted molar refractivity (Wildman–Crippen MR) is 136 cm³/mol. The van der Waals surface area contributed by atoms with Crippen molar-refractivity contribution in [2.45, 2.75) is 78.1 Å². The van der Waals surface area contributed by atoms with Gasteiger partial charge in [-0.2, -0.15) is 0 Å². The van der Waals surface area contributed by atoms with Crippen LogP contribution in [0.3, 0.4) is 0 Å². The molecule has 5 heteroatoms. The molecule has 0 aliphatic carbocycles. The van der Waals surface area contributed by atoms with E-state index >= 15 is 0 Å². The highest BCUT2D eigenvalue weighted by Crippen LogP contribution is 2.20. The average molecular weight is 455 g/mol. The second kappa shape index (κ2) is 18.1. The predicted octanol–water partition coefficient (Wildman–Crippen LogP) is 7.41. The summed E-state index contributed by atoms with van der Waals surface area (Å²) < 4.78 is 17.0. The normalized spacial score (nSPS) is 11.2. The fraction of sp³-hybridized carbons (Fsp3) is 0.571. The van der Waals surface area contributed by atoms with Gasteiger partial charge in [-0.15, -0.1) is 0 Å². The van der Waals surface area contributed by atoms with Crippen molar-refractivity contribution in [3.05, 3.63) is 48.8 Å². The van der Waals surface area contributed by atoms with Crippen molar-refractivity contribution in [3.8, 4) is 22.9 Å². The van der Waals surface area contributed by atoms with Gasteiger partial charge in [0.1, 0.15) is 12.4 Å². The van der Waals surface area contributed by atoms with Crippen LogP contribution in [0.1, 0.15) is 78.1 Å². The molecule has 1 aromatic heterocycles. The lowest BCUT2D eigenvalue weighted by Crippen LogP contribution is -2.01. The van der Waals surface area contributed by atoms with Gasteiger partial charge in [-0.1, -0.05) is 58.1 Å². The van der Waals surface area contributed by atoms with Gasteiger partial charge >= 0.3 is 0 Å². The largest absolute Gasteiger partial charge is 0.494 e. The lowest BCUT2D eigenvalue weighted by Gasteiger charge is -2.08. The summed E-state index contributed by atoms with van der Waals surface area (Å²) in [5, 5.41) is 0. The van der Waals surface area contributed by atoms with Crippen molar-refractivity contribution in [1.29, 1.82) is 0 Å². The maximum atomic E-state index is 5.80. The van der Waals surface area contributed by atoms with E-state index in [1.165, 1.54) is 38.5 Å². The van der Waals surface area contributed by atoms with Gasteiger partial charge in [0, 0.05) is 18.8 Å². The number of rotatable bonds is 19. The third kappa shape index (κ3) is 12.4. The van der Waals surface area contributed by atoms with Gasteiger partial charge in [0.25, 0.3) is 0 Å². The summed E-state index contributed by atoms with van der Waals surface area (Å²) >= 11 is 0. The zero-order valence-corrected chi connectivity index (χ0v) is 20.6. The summed E-state index contributed by atoms with van der Waals surface area (Å²) in [6.45, 7) is 7.27. The molecule has 0 saturated carbocycles. The summed E-state index contributed by atoms with van der Waals surface area (Å²) in [6, 6.07) is 7.90. The van der Waals surface area contributed by atoms with Gasteiger partial charge in [0.15, 0.2) is 11.6 Å². The molecule has 0 atom stereocenters. The van der Waals surface area contributed by atoms with Crippen LogP contribution in [-0.4, -0.2) is 36.4 Å². The number of benzene rings is 1. The molecule has 0 bridgehead atoms. The van der Waals surface area contributed by atoms with Gasteiger partial charge in [-0.25, -0.2) is 9.97 Å². The van der Waals surface area contributed by atoms with Gasteiger partial charge in [0.05, 0.1) is 19.0 Å². The van der Waals surface area contributed by atoms with Crippen LogP contribution in [0.2, 0.25) is 0 Å². The number of aromatic nitrogens is 2. The molecule has 0 spiro atoms. The smallest absolute Gasteiger partial charge is 0.159 e. The molecule has 0 aliphatic rings. The molecule has 0 fully saturated rings. The van der Waals surface area contributed by atoms with Crippen LogP contribution >= 0.6 is 0 Å². The molecule has 182 valence electrons. The Hall–Kier alpha value is -2.40. The van der Waals surface area contributed by atoms with Gasteiger partial charge < -0.3 is 14.2 Å². The molecule has 0 radical (unpaired) electrons. The first-order valence-corrected chi connectivity index (χ1v) is 12.7. The maximum Gasteiger partial charge on any atom is 0.159 e. The third-order valence-electron chi connectivity index (χ3n) is 5.28. The van der Waals surface area contributed by atoms with Crippen LogP contribution in [0.5, 0.6) is 11.5 Å². The molecular weight excluding hydrogens is 412 g/mol. The van der Waals surface area contributed by atoms with Crippen LogP contribution in [-0.2, 0) is 4.74 Å². The number of hydrogen-bond acceptors (Lipinski definition) is 5.